The molecule has 2 heteroatoms. The van der Waals surface area contributed by atoms with E-state index in [0.29, 0.717) is 5.54 Å². The summed E-state index contributed by atoms with van der Waals surface area (Å²) in [6, 6.07) is 22.6. The van der Waals surface area contributed by atoms with Gasteiger partial charge in [0, 0.05) is 11.5 Å². The molecule has 2 aliphatic carbocycles. The summed E-state index contributed by atoms with van der Waals surface area (Å²) in [5, 5.41) is 0.269. The summed E-state index contributed by atoms with van der Waals surface area (Å²) < 4.78 is 2.79. The van der Waals surface area contributed by atoms with Crippen molar-refractivity contribution >= 4 is 14.7 Å². The summed E-state index contributed by atoms with van der Waals surface area (Å²) in [6.45, 7) is 0. The molecular formula is C23H23NSi+. The van der Waals surface area contributed by atoms with E-state index in [2.05, 4.69) is 78.0 Å². The van der Waals surface area contributed by atoms with Crippen molar-refractivity contribution in [3.8, 4) is 0 Å². The van der Waals surface area contributed by atoms with E-state index in [-0.39, 0.29) is 5.04 Å². The molecule has 4 unspecified atom stereocenters. The van der Waals surface area contributed by atoms with Crippen molar-refractivity contribution in [2.75, 3.05) is 7.05 Å². The molecule has 4 atom stereocenters. The van der Waals surface area contributed by atoms with Gasteiger partial charge < -0.3 is 4.24 Å². The number of hydrogen-bond acceptors (Lipinski definition) is 0. The van der Waals surface area contributed by atoms with E-state index >= 15 is 0 Å². The van der Waals surface area contributed by atoms with E-state index in [9.17, 15) is 0 Å². The molecule has 2 bridgehead atoms. The van der Waals surface area contributed by atoms with Crippen molar-refractivity contribution in [3.63, 3.8) is 0 Å². The van der Waals surface area contributed by atoms with Gasteiger partial charge in [0.25, 0.3) is 0 Å². The Morgan fingerprint density at radius 2 is 1.60 bits per heavy atom. The number of benzene rings is 2. The molecule has 3 fully saturated rings. The molecule has 0 amide bonds. The monoisotopic (exact) mass is 341 g/mol. The lowest BCUT2D eigenvalue weighted by Gasteiger charge is -2.23. The minimum Gasteiger partial charge on any atom is -0.306 e. The molecule has 123 valence electrons. The van der Waals surface area contributed by atoms with Crippen molar-refractivity contribution in [2.45, 2.75) is 29.8 Å². The van der Waals surface area contributed by atoms with Crippen molar-refractivity contribution in [2.24, 2.45) is 11.8 Å². The van der Waals surface area contributed by atoms with Crippen molar-refractivity contribution in [3.05, 3.63) is 83.4 Å². The van der Waals surface area contributed by atoms with Gasteiger partial charge >= 0.3 is 8.96 Å². The van der Waals surface area contributed by atoms with Crippen LogP contribution in [0.1, 0.15) is 35.9 Å². The highest BCUT2D eigenvalue weighted by atomic mass is 28.3. The molecular weight excluding hydrogens is 318 g/mol. The van der Waals surface area contributed by atoms with E-state index in [1.54, 1.807) is 16.8 Å². The Morgan fingerprint density at radius 3 is 2.36 bits per heavy atom. The average Bonchev–Trinajstić information content (AvgIpc) is 2.95. The zero-order valence-electron chi connectivity index (χ0n) is 14.7. The molecule has 1 radical (unpaired) electrons. The first kappa shape index (κ1) is 14.3. The second-order valence-electron chi connectivity index (χ2n) is 8.21. The van der Waals surface area contributed by atoms with Crippen molar-refractivity contribution in [1.82, 2.24) is 0 Å². The van der Waals surface area contributed by atoms with Crippen LogP contribution in [0.5, 0.6) is 0 Å². The van der Waals surface area contributed by atoms with Gasteiger partial charge in [-0.3, -0.25) is 0 Å². The summed E-state index contributed by atoms with van der Waals surface area (Å²) >= 11 is 0. The minimum absolute atomic E-state index is 0.269. The van der Waals surface area contributed by atoms with Gasteiger partial charge in [0.1, 0.15) is 7.05 Å². The van der Waals surface area contributed by atoms with Gasteiger partial charge in [-0.2, -0.15) is 0 Å². The highest BCUT2D eigenvalue weighted by Gasteiger charge is 2.80. The predicted molar refractivity (Wildman–Crippen MR) is 103 cm³/mol. The molecule has 2 aromatic rings. The Hall–Kier alpha value is -1.93. The third kappa shape index (κ3) is 1.71. The maximum absolute atomic E-state index is 2.79. The maximum atomic E-state index is 2.79. The fourth-order valence-corrected chi connectivity index (χ4v) is 10.2. The van der Waals surface area contributed by atoms with Gasteiger partial charge in [-0.05, 0) is 36.3 Å². The lowest BCUT2D eigenvalue weighted by molar-refractivity contribution is -0.352. The largest absolute Gasteiger partial charge is 0.442 e. The summed E-state index contributed by atoms with van der Waals surface area (Å²) in [6.07, 6.45) is 7.01. The van der Waals surface area contributed by atoms with Crippen LogP contribution in [0.25, 0.3) is 0 Å². The van der Waals surface area contributed by atoms with E-state index < -0.39 is 8.96 Å². The number of fused-ring (bicyclic) bond motifs is 6. The SMILES string of the molecule is C[N+]1=C2C(=CC3(c4ccccc4)C(c4ccccc4)[Si]13)C1CCC2C1. The molecule has 2 aliphatic heterocycles. The zero-order valence-corrected chi connectivity index (χ0v) is 15.7. The molecule has 25 heavy (non-hydrogen) atoms. The highest BCUT2D eigenvalue weighted by molar-refractivity contribution is 6.71. The van der Waals surface area contributed by atoms with Gasteiger partial charge in [0.15, 0.2) is 5.71 Å². The van der Waals surface area contributed by atoms with Gasteiger partial charge in [0.05, 0.1) is 10.6 Å². The summed E-state index contributed by atoms with van der Waals surface area (Å²) in [7, 11) is 1.75. The molecule has 4 aliphatic rings. The second-order valence-corrected chi connectivity index (χ2v) is 11.1. The molecule has 6 rings (SSSR count). The van der Waals surface area contributed by atoms with E-state index in [1.807, 2.05) is 0 Å². The van der Waals surface area contributed by atoms with Crippen LogP contribution in [0, 0.1) is 11.8 Å². The van der Waals surface area contributed by atoms with Crippen LogP contribution in [-0.4, -0.2) is 26.0 Å². The Kier molecular flexibility index (Phi) is 2.75. The third-order valence-corrected chi connectivity index (χ3v) is 10.7. The van der Waals surface area contributed by atoms with Crippen molar-refractivity contribution in [1.29, 1.82) is 0 Å². The number of rotatable bonds is 2. The predicted octanol–water partition coefficient (Wildman–Crippen LogP) is 4.24. The highest BCUT2D eigenvalue weighted by Crippen LogP contribution is 2.64. The fourth-order valence-electron chi connectivity index (χ4n) is 6.13. The van der Waals surface area contributed by atoms with Crippen LogP contribution < -0.4 is 0 Å². The normalized spacial score (nSPS) is 35.4. The van der Waals surface area contributed by atoms with Gasteiger partial charge in [-0.25, -0.2) is 0 Å². The average molecular weight is 342 g/mol. The van der Waals surface area contributed by atoms with Crippen molar-refractivity contribution < 1.29 is 4.24 Å². The summed E-state index contributed by atoms with van der Waals surface area (Å²) in [5.74, 6) is 1.69. The maximum Gasteiger partial charge on any atom is 0.442 e. The van der Waals surface area contributed by atoms with Crippen LogP contribution in [-0.2, 0) is 5.04 Å². The Labute approximate surface area is 151 Å². The standard InChI is InChI=1S/C23H23NSi/c1-24-21-18-13-12-17(14-18)20(21)15-23(19-10-6-3-7-11-19)22(25(23)24)16-8-4-2-5-9-16/h2-11,15,17-18,22H,12-14H2,1H3/q+1. The Bertz CT molecular complexity index is 914. The van der Waals surface area contributed by atoms with E-state index in [1.165, 1.54) is 24.8 Å². The third-order valence-electron chi connectivity index (χ3n) is 7.11. The summed E-state index contributed by atoms with van der Waals surface area (Å²) in [5.41, 5.74) is 7.21. The molecule has 2 saturated carbocycles. The van der Waals surface area contributed by atoms with Gasteiger partial charge in [-0.15, -0.1) is 0 Å². The number of allylic oxidation sites excluding steroid dienone is 2. The lowest BCUT2D eigenvalue weighted by Crippen LogP contribution is -2.37. The number of hydrogen-bond donors (Lipinski definition) is 0. The first-order chi connectivity index (χ1) is 12.3. The van der Waals surface area contributed by atoms with Gasteiger partial charge in [-0.1, -0.05) is 66.7 Å². The summed E-state index contributed by atoms with van der Waals surface area (Å²) in [4.78, 5) is 0. The molecule has 0 N–H and O–H groups in total. The fraction of sp³-hybridized carbons (Fsp3) is 0.348. The quantitative estimate of drug-likeness (QED) is 0.719. The topological polar surface area (TPSA) is 3.01 Å². The van der Waals surface area contributed by atoms with Crippen LogP contribution in [0.4, 0.5) is 0 Å². The lowest BCUT2D eigenvalue weighted by atomic mass is 9.85. The molecule has 2 aromatic carbocycles. The second kappa shape index (κ2) is 4.82. The molecule has 0 aromatic heterocycles. The minimum atomic E-state index is -0.661. The first-order valence-corrected chi connectivity index (χ1v) is 11.1. The molecule has 0 spiro atoms. The van der Waals surface area contributed by atoms with Crippen LogP contribution in [0.2, 0.25) is 0 Å². The zero-order chi connectivity index (χ0) is 16.6. The van der Waals surface area contributed by atoms with E-state index in [0.717, 1.165) is 11.8 Å². The van der Waals surface area contributed by atoms with Crippen LogP contribution in [0.15, 0.2) is 72.3 Å². The van der Waals surface area contributed by atoms with Gasteiger partial charge in [0.2, 0.25) is 0 Å². The van der Waals surface area contributed by atoms with Crippen LogP contribution in [0.3, 0.4) is 0 Å². The Balaban J connectivity index is 1.58. The van der Waals surface area contributed by atoms with E-state index in [4.69, 9.17) is 0 Å². The first-order valence-electron chi connectivity index (χ1n) is 9.62. The number of nitrogens with zero attached hydrogens (tertiary/aromatic N) is 1. The molecule has 2 heterocycles. The Morgan fingerprint density at radius 1 is 0.920 bits per heavy atom. The molecule has 1 saturated heterocycles. The van der Waals surface area contributed by atoms with Crippen LogP contribution >= 0.6 is 0 Å². The molecule has 1 nitrogen and oxygen atoms in total. The smallest absolute Gasteiger partial charge is 0.306 e.